The molecule has 4 rings (SSSR count). The lowest BCUT2D eigenvalue weighted by molar-refractivity contribution is 0.0497. The highest BCUT2D eigenvalue weighted by molar-refractivity contribution is 5.78. The standard InChI is InChI=1S/C24H28N2O2/c1-17-11-18(2)13-21(12-17)24(7-9-28-10-8-24)16-25-15-20-14-19-5-3-4-6-22(19)26-23(20)27/h3-6,11-14,25H,7-10,15-16H2,1-2H3,(H,26,27). The number of ether oxygens (including phenoxy) is 1. The normalized spacial score (nSPS) is 16.4. The number of H-pyrrole nitrogens is 1. The molecule has 0 bridgehead atoms. The molecule has 0 spiro atoms. The van der Waals surface area contributed by atoms with E-state index in [1.807, 2.05) is 30.3 Å². The number of benzene rings is 2. The molecule has 1 aliphatic rings. The van der Waals surface area contributed by atoms with Gasteiger partial charge in [-0.05, 0) is 49.8 Å². The summed E-state index contributed by atoms with van der Waals surface area (Å²) >= 11 is 0. The highest BCUT2D eigenvalue weighted by Crippen LogP contribution is 2.35. The van der Waals surface area contributed by atoms with Crippen LogP contribution in [0.5, 0.6) is 0 Å². The summed E-state index contributed by atoms with van der Waals surface area (Å²) in [5.41, 5.74) is 5.68. The monoisotopic (exact) mass is 376 g/mol. The molecule has 1 aromatic heterocycles. The van der Waals surface area contributed by atoms with Gasteiger partial charge in [0.15, 0.2) is 0 Å². The molecule has 0 aliphatic carbocycles. The number of pyridine rings is 1. The lowest BCUT2D eigenvalue weighted by Gasteiger charge is -2.38. The van der Waals surface area contributed by atoms with Gasteiger partial charge in [0.1, 0.15) is 0 Å². The van der Waals surface area contributed by atoms with Crippen LogP contribution >= 0.6 is 0 Å². The smallest absolute Gasteiger partial charge is 0.252 e. The molecule has 1 aliphatic heterocycles. The number of aromatic nitrogens is 1. The topological polar surface area (TPSA) is 54.1 Å². The van der Waals surface area contributed by atoms with Crippen molar-refractivity contribution in [1.82, 2.24) is 10.3 Å². The maximum atomic E-state index is 12.4. The molecular weight excluding hydrogens is 348 g/mol. The molecule has 1 saturated heterocycles. The second-order valence-electron chi connectivity index (χ2n) is 8.08. The Hall–Kier alpha value is -2.43. The molecule has 0 saturated carbocycles. The van der Waals surface area contributed by atoms with Crippen molar-refractivity contribution in [2.45, 2.75) is 38.6 Å². The number of aryl methyl sites for hydroxylation is 2. The molecule has 1 fully saturated rings. The molecular formula is C24H28N2O2. The van der Waals surface area contributed by atoms with Gasteiger partial charge < -0.3 is 15.0 Å². The van der Waals surface area contributed by atoms with Crippen LogP contribution in [0.4, 0.5) is 0 Å². The molecule has 2 heterocycles. The van der Waals surface area contributed by atoms with Crippen LogP contribution < -0.4 is 10.9 Å². The van der Waals surface area contributed by atoms with Crippen LogP contribution in [0.25, 0.3) is 10.9 Å². The molecule has 4 nitrogen and oxygen atoms in total. The number of rotatable bonds is 5. The molecule has 0 atom stereocenters. The molecule has 0 radical (unpaired) electrons. The zero-order chi connectivity index (χ0) is 19.6. The zero-order valence-electron chi connectivity index (χ0n) is 16.7. The summed E-state index contributed by atoms with van der Waals surface area (Å²) in [5, 5.41) is 4.64. The minimum atomic E-state index is -0.0152. The molecule has 4 heteroatoms. The summed E-state index contributed by atoms with van der Waals surface area (Å²) in [5.74, 6) is 0. The van der Waals surface area contributed by atoms with Crippen LogP contribution in [0, 0.1) is 13.8 Å². The van der Waals surface area contributed by atoms with E-state index in [-0.39, 0.29) is 11.0 Å². The number of fused-ring (bicyclic) bond motifs is 1. The van der Waals surface area contributed by atoms with E-state index >= 15 is 0 Å². The van der Waals surface area contributed by atoms with Gasteiger partial charge in [-0.15, -0.1) is 0 Å². The summed E-state index contributed by atoms with van der Waals surface area (Å²) in [6.45, 7) is 7.28. The van der Waals surface area contributed by atoms with E-state index in [0.29, 0.717) is 6.54 Å². The number of para-hydroxylation sites is 1. The van der Waals surface area contributed by atoms with Gasteiger partial charge in [0.25, 0.3) is 5.56 Å². The van der Waals surface area contributed by atoms with Crippen LogP contribution in [0.2, 0.25) is 0 Å². The van der Waals surface area contributed by atoms with Gasteiger partial charge in [0.2, 0.25) is 0 Å². The van der Waals surface area contributed by atoms with E-state index in [4.69, 9.17) is 4.74 Å². The SMILES string of the molecule is Cc1cc(C)cc(C2(CNCc3cc4ccccc4[nH]c3=O)CCOCC2)c1. The maximum Gasteiger partial charge on any atom is 0.252 e. The number of hydrogen-bond acceptors (Lipinski definition) is 3. The summed E-state index contributed by atoms with van der Waals surface area (Å²) in [6.07, 6.45) is 1.99. The Morgan fingerprint density at radius 1 is 1.04 bits per heavy atom. The fraction of sp³-hybridized carbons (Fsp3) is 0.375. The molecule has 146 valence electrons. The van der Waals surface area contributed by atoms with Crippen molar-refractivity contribution in [2.24, 2.45) is 0 Å². The lowest BCUT2D eigenvalue weighted by Crippen LogP contribution is -2.43. The second-order valence-corrected chi connectivity index (χ2v) is 8.08. The van der Waals surface area contributed by atoms with E-state index in [2.05, 4.69) is 42.3 Å². The maximum absolute atomic E-state index is 12.4. The summed E-state index contributed by atoms with van der Waals surface area (Å²) in [6, 6.07) is 16.7. The molecule has 2 N–H and O–H groups in total. The molecule has 2 aromatic carbocycles. The highest BCUT2D eigenvalue weighted by Gasteiger charge is 2.34. The Morgan fingerprint density at radius 2 is 1.75 bits per heavy atom. The van der Waals surface area contributed by atoms with Gasteiger partial charge in [-0.1, -0.05) is 47.5 Å². The fourth-order valence-corrected chi connectivity index (χ4v) is 4.37. The van der Waals surface area contributed by atoms with Crippen molar-refractivity contribution in [3.63, 3.8) is 0 Å². The first-order valence-corrected chi connectivity index (χ1v) is 10.0. The largest absolute Gasteiger partial charge is 0.381 e. The summed E-state index contributed by atoms with van der Waals surface area (Å²) in [7, 11) is 0. The molecule has 0 unspecified atom stereocenters. The first kappa shape index (κ1) is 18.9. The van der Waals surface area contributed by atoms with Gasteiger partial charge in [-0.3, -0.25) is 4.79 Å². The Morgan fingerprint density at radius 3 is 2.50 bits per heavy atom. The van der Waals surface area contributed by atoms with Crippen LogP contribution in [0.15, 0.2) is 53.3 Å². The van der Waals surface area contributed by atoms with E-state index < -0.39 is 0 Å². The van der Waals surface area contributed by atoms with Crippen LogP contribution in [-0.2, 0) is 16.7 Å². The van der Waals surface area contributed by atoms with Crippen molar-refractivity contribution in [2.75, 3.05) is 19.8 Å². The van der Waals surface area contributed by atoms with E-state index in [9.17, 15) is 4.79 Å². The van der Waals surface area contributed by atoms with Gasteiger partial charge >= 0.3 is 0 Å². The number of hydrogen-bond donors (Lipinski definition) is 2. The van der Waals surface area contributed by atoms with Crippen LogP contribution in [-0.4, -0.2) is 24.7 Å². The lowest BCUT2D eigenvalue weighted by atomic mass is 9.73. The number of nitrogens with one attached hydrogen (secondary N) is 2. The van der Waals surface area contributed by atoms with E-state index in [1.54, 1.807) is 0 Å². The summed E-state index contributed by atoms with van der Waals surface area (Å²) in [4.78, 5) is 15.4. The van der Waals surface area contributed by atoms with E-state index in [0.717, 1.165) is 49.1 Å². The third-order valence-electron chi connectivity index (χ3n) is 5.89. The highest BCUT2D eigenvalue weighted by atomic mass is 16.5. The predicted octanol–water partition coefficient (Wildman–Crippen LogP) is 3.98. The Labute approximate surface area is 165 Å². The summed E-state index contributed by atoms with van der Waals surface area (Å²) < 4.78 is 5.66. The first-order valence-electron chi connectivity index (χ1n) is 10.0. The van der Waals surface area contributed by atoms with Gasteiger partial charge in [-0.2, -0.15) is 0 Å². The minimum absolute atomic E-state index is 0.0152. The molecule has 28 heavy (non-hydrogen) atoms. The average Bonchev–Trinajstić information content (AvgIpc) is 2.68. The van der Waals surface area contributed by atoms with Crippen LogP contribution in [0.3, 0.4) is 0 Å². The van der Waals surface area contributed by atoms with Crippen molar-refractivity contribution in [3.8, 4) is 0 Å². The van der Waals surface area contributed by atoms with Crippen molar-refractivity contribution >= 4 is 10.9 Å². The third kappa shape index (κ3) is 3.89. The van der Waals surface area contributed by atoms with Gasteiger partial charge in [-0.25, -0.2) is 0 Å². The second kappa shape index (κ2) is 7.90. The third-order valence-corrected chi connectivity index (χ3v) is 5.89. The van der Waals surface area contributed by atoms with Gasteiger partial charge in [0, 0.05) is 42.8 Å². The predicted molar refractivity (Wildman–Crippen MR) is 114 cm³/mol. The van der Waals surface area contributed by atoms with Gasteiger partial charge in [0.05, 0.1) is 0 Å². The van der Waals surface area contributed by atoms with Crippen molar-refractivity contribution in [3.05, 3.63) is 81.1 Å². The Balaban J connectivity index is 1.55. The minimum Gasteiger partial charge on any atom is -0.381 e. The Bertz CT molecular complexity index is 1010. The van der Waals surface area contributed by atoms with E-state index in [1.165, 1.54) is 16.7 Å². The van der Waals surface area contributed by atoms with Crippen molar-refractivity contribution < 1.29 is 4.74 Å². The quantitative estimate of drug-likeness (QED) is 0.708. The van der Waals surface area contributed by atoms with Crippen LogP contribution in [0.1, 0.15) is 35.1 Å². The molecule has 0 amide bonds. The average molecular weight is 377 g/mol. The fourth-order valence-electron chi connectivity index (χ4n) is 4.37. The van der Waals surface area contributed by atoms with Crippen molar-refractivity contribution in [1.29, 1.82) is 0 Å². The zero-order valence-corrected chi connectivity index (χ0v) is 16.7. The Kier molecular flexibility index (Phi) is 5.33. The number of aromatic amines is 1. The molecule has 3 aromatic rings. The first-order chi connectivity index (χ1) is 13.6.